The fourth-order valence-electron chi connectivity index (χ4n) is 1.64. The van der Waals surface area contributed by atoms with E-state index in [1.807, 2.05) is 12.3 Å². The minimum atomic E-state index is -1.19. The third kappa shape index (κ3) is 4.25. The molecule has 3 N–H and O–H groups in total. The first-order chi connectivity index (χ1) is 10.1. The minimum Gasteiger partial charge on any atom is -0.476 e. The average molecular weight is 306 g/mol. The summed E-state index contributed by atoms with van der Waals surface area (Å²) in [7, 11) is 0. The van der Waals surface area contributed by atoms with E-state index in [0.717, 1.165) is 10.7 Å². The number of hydrogen-bond donors (Lipinski definition) is 3. The molecule has 0 atom stereocenters. The van der Waals surface area contributed by atoms with Crippen LogP contribution in [0.15, 0.2) is 23.7 Å². The van der Waals surface area contributed by atoms with E-state index in [9.17, 15) is 9.59 Å². The van der Waals surface area contributed by atoms with Gasteiger partial charge in [0.05, 0.1) is 10.7 Å². The highest BCUT2D eigenvalue weighted by molar-refractivity contribution is 7.09. The maximum Gasteiger partial charge on any atom is 0.356 e. The summed E-state index contributed by atoms with van der Waals surface area (Å²) in [6, 6.07) is 2.57. The molecular weight excluding hydrogens is 292 g/mol. The van der Waals surface area contributed by atoms with Gasteiger partial charge in [-0.25, -0.2) is 19.6 Å². The van der Waals surface area contributed by atoms with Gasteiger partial charge in [-0.3, -0.25) is 0 Å². The van der Waals surface area contributed by atoms with Gasteiger partial charge in [0.2, 0.25) is 0 Å². The van der Waals surface area contributed by atoms with Crippen LogP contribution in [0.25, 0.3) is 0 Å². The van der Waals surface area contributed by atoms with E-state index in [-0.39, 0.29) is 11.4 Å². The van der Waals surface area contributed by atoms with Gasteiger partial charge in [-0.05, 0) is 19.1 Å². The Morgan fingerprint density at radius 2 is 2.24 bits per heavy atom. The van der Waals surface area contributed by atoms with Gasteiger partial charge in [0, 0.05) is 30.2 Å². The number of carboxylic acid groups (broad SMARTS) is 1. The van der Waals surface area contributed by atoms with Gasteiger partial charge in [0.15, 0.2) is 5.69 Å². The summed E-state index contributed by atoms with van der Waals surface area (Å²) in [5.74, 6) is -1.19. The Morgan fingerprint density at radius 1 is 1.43 bits per heavy atom. The summed E-state index contributed by atoms with van der Waals surface area (Å²) in [4.78, 5) is 30.7. The average Bonchev–Trinajstić information content (AvgIpc) is 2.85. The highest BCUT2D eigenvalue weighted by atomic mass is 32.1. The van der Waals surface area contributed by atoms with E-state index in [1.165, 1.54) is 12.3 Å². The molecule has 0 aromatic carbocycles. The van der Waals surface area contributed by atoms with Crippen LogP contribution >= 0.6 is 11.3 Å². The monoisotopic (exact) mass is 306 g/mol. The van der Waals surface area contributed by atoms with Crippen LogP contribution in [0.2, 0.25) is 0 Å². The highest BCUT2D eigenvalue weighted by Gasteiger charge is 2.13. The van der Waals surface area contributed by atoms with Crippen molar-refractivity contribution < 1.29 is 14.7 Å². The van der Waals surface area contributed by atoms with Gasteiger partial charge >= 0.3 is 12.0 Å². The maximum atomic E-state index is 11.7. The molecule has 2 rings (SSSR count). The lowest BCUT2D eigenvalue weighted by Crippen LogP contribution is -2.31. The van der Waals surface area contributed by atoms with Crippen LogP contribution in [-0.4, -0.2) is 33.6 Å². The van der Waals surface area contributed by atoms with Gasteiger partial charge < -0.3 is 15.7 Å². The second kappa shape index (κ2) is 6.80. The lowest BCUT2D eigenvalue weighted by atomic mass is 10.3. The number of nitrogens with zero attached hydrogens (tertiary/aromatic N) is 2. The summed E-state index contributed by atoms with van der Waals surface area (Å²) < 4.78 is 0. The summed E-state index contributed by atoms with van der Waals surface area (Å²) in [5, 5.41) is 17.0. The third-order valence-electron chi connectivity index (χ3n) is 2.55. The van der Waals surface area contributed by atoms with Crippen molar-refractivity contribution in [3.05, 3.63) is 40.1 Å². The molecule has 2 aromatic rings. The number of thiazole rings is 1. The predicted molar refractivity (Wildman–Crippen MR) is 78.8 cm³/mol. The number of amides is 2. The molecule has 21 heavy (non-hydrogen) atoms. The van der Waals surface area contributed by atoms with Crippen LogP contribution in [0.4, 0.5) is 10.5 Å². The molecule has 0 radical (unpaired) electrons. The minimum absolute atomic E-state index is 0.160. The summed E-state index contributed by atoms with van der Waals surface area (Å²) in [6.45, 7) is 2.33. The molecule has 8 heteroatoms. The molecule has 7 nitrogen and oxygen atoms in total. The number of aromatic carboxylic acids is 1. The smallest absolute Gasteiger partial charge is 0.356 e. The van der Waals surface area contributed by atoms with E-state index in [1.54, 1.807) is 17.4 Å². The molecule has 0 saturated carbocycles. The zero-order valence-electron chi connectivity index (χ0n) is 11.3. The first-order valence-corrected chi connectivity index (χ1v) is 7.08. The van der Waals surface area contributed by atoms with Crippen molar-refractivity contribution in [3.63, 3.8) is 0 Å². The number of pyridine rings is 1. The third-order valence-corrected chi connectivity index (χ3v) is 3.58. The lowest BCUT2D eigenvalue weighted by Gasteiger charge is -2.08. The van der Waals surface area contributed by atoms with Crippen LogP contribution in [0.5, 0.6) is 0 Å². The van der Waals surface area contributed by atoms with Crippen LogP contribution in [0.1, 0.15) is 21.2 Å². The van der Waals surface area contributed by atoms with Crippen LogP contribution < -0.4 is 10.6 Å². The number of urea groups is 1. The number of carbonyl (C=O) groups is 2. The van der Waals surface area contributed by atoms with Crippen molar-refractivity contribution >= 4 is 29.0 Å². The molecule has 0 spiro atoms. The molecule has 2 heterocycles. The maximum absolute atomic E-state index is 11.7. The number of anilines is 1. The molecule has 0 aliphatic heterocycles. The van der Waals surface area contributed by atoms with Gasteiger partial charge in [-0.1, -0.05) is 0 Å². The lowest BCUT2D eigenvalue weighted by molar-refractivity contribution is 0.0691. The standard InChI is InChI=1S/C13H14N4O3S/c1-8-7-21-10(16-8)4-6-15-13(20)17-9-3-2-5-14-11(9)12(18)19/h2-3,5,7H,4,6H2,1H3,(H,18,19)(H2,15,17,20). The van der Waals surface area contributed by atoms with Gasteiger partial charge in [0.1, 0.15) is 0 Å². The molecule has 110 valence electrons. The topological polar surface area (TPSA) is 104 Å². The van der Waals surface area contributed by atoms with Crippen LogP contribution in [-0.2, 0) is 6.42 Å². The Balaban J connectivity index is 1.86. The molecule has 0 bridgehead atoms. The van der Waals surface area contributed by atoms with E-state index in [0.29, 0.717) is 13.0 Å². The SMILES string of the molecule is Cc1csc(CCNC(=O)Nc2cccnc2C(=O)O)n1. The second-order valence-corrected chi connectivity index (χ2v) is 5.16. The predicted octanol–water partition coefficient (Wildman–Crippen LogP) is 1.91. The molecular formula is C13H14N4O3S. The van der Waals surface area contributed by atoms with E-state index >= 15 is 0 Å². The Kier molecular flexibility index (Phi) is 4.83. The highest BCUT2D eigenvalue weighted by Crippen LogP contribution is 2.12. The van der Waals surface area contributed by atoms with Crippen molar-refractivity contribution in [2.24, 2.45) is 0 Å². The van der Waals surface area contributed by atoms with E-state index < -0.39 is 12.0 Å². The largest absolute Gasteiger partial charge is 0.476 e. The number of hydrogen-bond acceptors (Lipinski definition) is 5. The van der Waals surface area contributed by atoms with Crippen molar-refractivity contribution in [2.75, 3.05) is 11.9 Å². The number of carboxylic acids is 1. The van der Waals surface area contributed by atoms with Crippen LogP contribution in [0, 0.1) is 6.92 Å². The summed E-state index contributed by atoms with van der Waals surface area (Å²) >= 11 is 1.54. The zero-order valence-corrected chi connectivity index (χ0v) is 12.1. The fourth-order valence-corrected chi connectivity index (χ4v) is 2.42. The Labute approximate surface area is 125 Å². The first kappa shape index (κ1) is 14.9. The molecule has 0 fully saturated rings. The number of rotatable bonds is 5. The quantitative estimate of drug-likeness (QED) is 0.782. The van der Waals surface area contributed by atoms with Crippen molar-refractivity contribution in [1.82, 2.24) is 15.3 Å². The molecule has 0 saturated heterocycles. The van der Waals surface area contributed by atoms with Crippen LogP contribution in [0.3, 0.4) is 0 Å². The molecule has 2 aromatic heterocycles. The Morgan fingerprint density at radius 3 is 2.90 bits per heavy atom. The zero-order chi connectivity index (χ0) is 15.2. The molecule has 2 amide bonds. The van der Waals surface area contributed by atoms with Gasteiger partial charge in [-0.2, -0.15) is 0 Å². The summed E-state index contributed by atoms with van der Waals surface area (Å²) in [6.07, 6.45) is 1.99. The van der Waals surface area contributed by atoms with Crippen molar-refractivity contribution in [1.29, 1.82) is 0 Å². The van der Waals surface area contributed by atoms with Gasteiger partial charge in [0.25, 0.3) is 0 Å². The fraction of sp³-hybridized carbons (Fsp3) is 0.231. The molecule has 0 unspecified atom stereocenters. The molecule has 0 aliphatic carbocycles. The Bertz CT molecular complexity index is 656. The number of aryl methyl sites for hydroxylation is 1. The second-order valence-electron chi connectivity index (χ2n) is 4.22. The number of nitrogens with one attached hydrogen (secondary N) is 2. The van der Waals surface area contributed by atoms with Crippen molar-refractivity contribution in [3.8, 4) is 0 Å². The van der Waals surface area contributed by atoms with E-state index in [4.69, 9.17) is 5.11 Å². The van der Waals surface area contributed by atoms with Gasteiger partial charge in [-0.15, -0.1) is 11.3 Å². The number of aromatic nitrogens is 2. The normalized spacial score (nSPS) is 10.1. The molecule has 0 aliphatic rings. The van der Waals surface area contributed by atoms with E-state index in [2.05, 4.69) is 20.6 Å². The summed E-state index contributed by atoms with van der Waals surface area (Å²) in [5.41, 5.74) is 0.928. The number of carbonyl (C=O) groups excluding carboxylic acids is 1. The van der Waals surface area contributed by atoms with Crippen molar-refractivity contribution in [2.45, 2.75) is 13.3 Å². The Hall–Kier alpha value is -2.48. The first-order valence-electron chi connectivity index (χ1n) is 6.20.